The molecule has 234 valence electrons. The van der Waals surface area contributed by atoms with Crippen molar-refractivity contribution in [3.05, 3.63) is 39.3 Å². The number of esters is 1. The minimum atomic E-state index is -4.89. The van der Waals surface area contributed by atoms with Gasteiger partial charge >= 0.3 is 12.3 Å². The van der Waals surface area contributed by atoms with E-state index in [0.29, 0.717) is 22.6 Å². The molecule has 12 nitrogen and oxygen atoms in total. The van der Waals surface area contributed by atoms with E-state index in [0.717, 1.165) is 11.9 Å². The normalized spacial score (nSPS) is 14.8. The van der Waals surface area contributed by atoms with E-state index in [1.807, 2.05) is 0 Å². The number of alkyl halides is 3. The Labute approximate surface area is 250 Å². The Bertz CT molecular complexity index is 1250. The Morgan fingerprint density at radius 1 is 1.24 bits per heavy atom. The molecule has 1 unspecified atom stereocenters. The second-order valence-corrected chi connectivity index (χ2v) is 10.4. The Balaban J connectivity index is 2.10. The first-order chi connectivity index (χ1) is 19.7. The lowest BCUT2D eigenvalue weighted by Crippen LogP contribution is -2.37. The van der Waals surface area contributed by atoms with Crippen LogP contribution in [0.2, 0.25) is 0 Å². The smallest absolute Gasteiger partial charge is 0.445 e. The molecule has 0 fully saturated rings. The molecule has 6 N–H and O–H groups in total. The average Bonchev–Trinajstić information content (AvgIpc) is 3.23. The van der Waals surface area contributed by atoms with Crippen molar-refractivity contribution >= 4 is 52.9 Å². The number of hydrogen-bond donors (Lipinski definition) is 5. The van der Waals surface area contributed by atoms with Crippen LogP contribution < -0.4 is 26.6 Å². The van der Waals surface area contributed by atoms with Crippen molar-refractivity contribution in [2.75, 3.05) is 31.9 Å². The van der Waals surface area contributed by atoms with E-state index in [9.17, 15) is 27.6 Å². The summed E-state index contributed by atoms with van der Waals surface area (Å²) < 4.78 is 52.7. The fourth-order valence-corrected chi connectivity index (χ4v) is 4.59. The van der Waals surface area contributed by atoms with Gasteiger partial charge in [-0.1, -0.05) is 37.4 Å². The molecule has 1 aliphatic rings. The van der Waals surface area contributed by atoms with Crippen molar-refractivity contribution < 1.29 is 41.4 Å². The van der Waals surface area contributed by atoms with Gasteiger partial charge in [0.25, 0.3) is 5.91 Å². The standard InChI is InChI=1S/C25H34ClF3N6O6S/c1-12(2)21(30)24(38)39-11-33-17(14-6-7-18(16(26)8-14)41-25(27,28)29)10-42-35-34-19(36)9-15-13(3)40-23(32-5)20(15)22(37)31-4/h8,12,21,32,35H,6-7,9-11,30H2,1-5H3,(H,31,37)(H,34,36). The summed E-state index contributed by atoms with van der Waals surface area (Å²) >= 11 is 7.04. The van der Waals surface area contributed by atoms with Crippen molar-refractivity contribution in [3.63, 3.8) is 0 Å². The van der Waals surface area contributed by atoms with E-state index in [1.54, 1.807) is 27.8 Å². The number of rotatable bonds is 14. The van der Waals surface area contributed by atoms with Crippen LogP contribution in [0.25, 0.3) is 0 Å². The fourth-order valence-electron chi connectivity index (χ4n) is 3.66. The summed E-state index contributed by atoms with van der Waals surface area (Å²) in [6, 6.07) is -0.852. The Hall–Kier alpha value is -3.21. The maximum atomic E-state index is 12.7. The van der Waals surface area contributed by atoms with Crippen LogP contribution >= 0.6 is 23.5 Å². The molecule has 0 saturated carbocycles. The number of nitrogens with zero attached hydrogens (tertiary/aromatic N) is 1. The van der Waals surface area contributed by atoms with Crippen LogP contribution in [0.4, 0.5) is 19.1 Å². The van der Waals surface area contributed by atoms with Gasteiger partial charge in [0.15, 0.2) is 6.73 Å². The summed E-state index contributed by atoms with van der Waals surface area (Å²) in [5.74, 6) is -1.43. The largest absolute Gasteiger partial charge is 0.572 e. The number of hydrazine groups is 1. The summed E-state index contributed by atoms with van der Waals surface area (Å²) in [6.45, 7) is 4.75. The first-order valence-corrected chi connectivity index (χ1v) is 14.0. The van der Waals surface area contributed by atoms with E-state index in [4.69, 9.17) is 26.5 Å². The van der Waals surface area contributed by atoms with Crippen LogP contribution in [-0.4, -0.2) is 62.5 Å². The number of halogens is 4. The van der Waals surface area contributed by atoms with Crippen molar-refractivity contribution in [1.29, 1.82) is 0 Å². The summed E-state index contributed by atoms with van der Waals surface area (Å²) in [7, 11) is 3.04. The number of amides is 2. The summed E-state index contributed by atoms with van der Waals surface area (Å²) in [4.78, 5) is 44.0. The van der Waals surface area contributed by atoms with Gasteiger partial charge in [-0.3, -0.25) is 19.8 Å². The molecule has 0 aromatic carbocycles. The van der Waals surface area contributed by atoms with Crippen LogP contribution in [-0.2, 0) is 25.5 Å². The second-order valence-electron chi connectivity index (χ2n) is 9.24. The van der Waals surface area contributed by atoms with Crippen molar-refractivity contribution in [1.82, 2.24) is 15.6 Å². The zero-order valence-electron chi connectivity index (χ0n) is 23.7. The van der Waals surface area contributed by atoms with Gasteiger partial charge in [0.1, 0.15) is 23.1 Å². The zero-order valence-corrected chi connectivity index (χ0v) is 25.2. The third kappa shape index (κ3) is 10.3. The number of nitrogens with one attached hydrogen (secondary N) is 4. The molecule has 0 radical (unpaired) electrons. The average molecular weight is 639 g/mol. The highest BCUT2D eigenvalue weighted by Crippen LogP contribution is 2.33. The molecule has 0 bridgehead atoms. The van der Waals surface area contributed by atoms with E-state index in [-0.39, 0.29) is 54.1 Å². The highest BCUT2D eigenvalue weighted by Gasteiger charge is 2.34. The number of hydrogen-bond acceptors (Lipinski definition) is 11. The molecule has 17 heteroatoms. The molecule has 2 rings (SSSR count). The molecule has 42 heavy (non-hydrogen) atoms. The van der Waals surface area contributed by atoms with Gasteiger partial charge in [0.2, 0.25) is 11.8 Å². The summed E-state index contributed by atoms with van der Waals surface area (Å²) in [5.41, 5.74) is 9.73. The minimum Gasteiger partial charge on any atom is -0.445 e. The minimum absolute atomic E-state index is 0.0949. The number of carbonyl (C=O) groups excluding carboxylic acids is 3. The molecule has 0 aliphatic heterocycles. The van der Waals surface area contributed by atoms with Gasteiger partial charge in [0.05, 0.1) is 22.9 Å². The quantitative estimate of drug-likeness (QED) is 0.0669. The molecule has 2 amide bonds. The van der Waals surface area contributed by atoms with Gasteiger partial charge < -0.3 is 30.3 Å². The fraction of sp³-hybridized carbons (Fsp3) is 0.520. The van der Waals surface area contributed by atoms with E-state index < -0.39 is 35.9 Å². The van der Waals surface area contributed by atoms with Gasteiger partial charge in [0, 0.05) is 26.1 Å². The van der Waals surface area contributed by atoms with Crippen LogP contribution in [0.15, 0.2) is 31.9 Å². The molecular formula is C25H34ClF3N6O6S. The maximum Gasteiger partial charge on any atom is 0.572 e. The third-order valence-electron chi connectivity index (χ3n) is 5.95. The number of nitrogens with two attached hydrogens (primary N) is 1. The van der Waals surface area contributed by atoms with Gasteiger partial charge in [-0.25, -0.2) is 4.99 Å². The number of aliphatic imine (C=N–C) groups is 1. The number of anilines is 1. The van der Waals surface area contributed by atoms with Crippen LogP contribution in [0.5, 0.6) is 0 Å². The van der Waals surface area contributed by atoms with Gasteiger partial charge in [-0.05, 0) is 30.9 Å². The van der Waals surface area contributed by atoms with Crippen LogP contribution in [0.3, 0.4) is 0 Å². The predicted octanol–water partition coefficient (Wildman–Crippen LogP) is 3.43. The topological polar surface area (TPSA) is 169 Å². The number of carbonyl (C=O) groups is 3. The van der Waals surface area contributed by atoms with Crippen molar-refractivity contribution in [2.24, 2.45) is 16.6 Å². The molecule has 1 heterocycles. The summed E-state index contributed by atoms with van der Waals surface area (Å²) in [6.07, 6.45) is -3.78. The Morgan fingerprint density at radius 3 is 2.50 bits per heavy atom. The first-order valence-electron chi connectivity index (χ1n) is 12.7. The number of furan rings is 1. The lowest BCUT2D eigenvalue weighted by Gasteiger charge is -2.20. The molecule has 0 spiro atoms. The van der Waals surface area contributed by atoms with Crippen LogP contribution in [0.1, 0.15) is 48.4 Å². The Morgan fingerprint density at radius 2 is 1.93 bits per heavy atom. The first kappa shape index (κ1) is 35.0. The lowest BCUT2D eigenvalue weighted by molar-refractivity contribution is -0.306. The van der Waals surface area contributed by atoms with Crippen LogP contribution in [0, 0.1) is 12.8 Å². The van der Waals surface area contributed by atoms with E-state index >= 15 is 0 Å². The molecule has 1 aliphatic carbocycles. The summed E-state index contributed by atoms with van der Waals surface area (Å²) in [5, 5.41) is 5.05. The predicted molar refractivity (Wildman–Crippen MR) is 152 cm³/mol. The monoisotopic (exact) mass is 638 g/mol. The SMILES string of the molecule is CNC(=O)c1c(NC)oc(C)c1CC(=O)NNSCC(=NCOC(=O)C(N)C(C)C)C1=CC(Cl)=C(OC(F)(F)F)CC1. The molecule has 1 atom stereocenters. The molecule has 1 aromatic rings. The number of allylic oxidation sites excluding steroid dienone is 4. The maximum absolute atomic E-state index is 12.7. The highest BCUT2D eigenvalue weighted by molar-refractivity contribution is 7.98. The van der Waals surface area contributed by atoms with Gasteiger partial charge in [-0.2, -0.15) is 4.83 Å². The van der Waals surface area contributed by atoms with Crippen molar-refractivity contribution in [3.8, 4) is 0 Å². The molecule has 1 aromatic heterocycles. The number of ether oxygens (including phenoxy) is 2. The van der Waals surface area contributed by atoms with Crippen molar-refractivity contribution in [2.45, 2.75) is 52.4 Å². The highest BCUT2D eigenvalue weighted by atomic mass is 35.5. The van der Waals surface area contributed by atoms with Gasteiger partial charge in [-0.15, -0.1) is 13.2 Å². The number of aryl methyl sites for hydroxylation is 1. The second kappa shape index (κ2) is 15.9. The van der Waals surface area contributed by atoms with E-state index in [1.165, 1.54) is 13.1 Å². The Kier molecular flexibility index (Phi) is 13.2. The zero-order chi connectivity index (χ0) is 31.6. The lowest BCUT2D eigenvalue weighted by atomic mass is 10.00. The third-order valence-corrected chi connectivity index (χ3v) is 6.93. The molecule has 0 saturated heterocycles. The molecular weight excluding hydrogens is 605 g/mol. The van der Waals surface area contributed by atoms with E-state index in [2.05, 4.69) is 30.6 Å².